The number of rotatable bonds is 5. The second kappa shape index (κ2) is 6.01. The van der Waals surface area contributed by atoms with Gasteiger partial charge in [0.2, 0.25) is 0 Å². The quantitative estimate of drug-likeness (QED) is 0.550. The van der Waals surface area contributed by atoms with Crippen LogP contribution in [0.3, 0.4) is 0 Å². The summed E-state index contributed by atoms with van der Waals surface area (Å²) in [6.45, 7) is 3.09. The van der Waals surface area contributed by atoms with Crippen LogP contribution in [0.5, 0.6) is 0 Å². The minimum absolute atomic E-state index is 0.0983. The summed E-state index contributed by atoms with van der Waals surface area (Å²) < 4.78 is 1.77. The van der Waals surface area contributed by atoms with Gasteiger partial charge in [-0.2, -0.15) is 5.10 Å². The maximum absolute atomic E-state index is 11.9. The normalized spacial score (nSPS) is 10.2. The van der Waals surface area contributed by atoms with Gasteiger partial charge in [0.15, 0.2) is 0 Å². The van der Waals surface area contributed by atoms with Gasteiger partial charge in [-0.15, -0.1) is 0 Å². The van der Waals surface area contributed by atoms with Crippen LogP contribution in [0, 0.1) is 6.92 Å². The van der Waals surface area contributed by atoms with Crippen LogP contribution in [0.15, 0.2) is 36.7 Å². The van der Waals surface area contributed by atoms with Gasteiger partial charge >= 0.3 is 0 Å². The molecule has 0 saturated carbocycles. The Bertz CT molecular complexity index is 550. The highest BCUT2D eigenvalue weighted by atomic mass is 16.1. The number of hydrazine groups is 1. The zero-order valence-electron chi connectivity index (χ0n) is 10.8. The molecule has 19 heavy (non-hydrogen) atoms. The molecular formula is C13H17N5O. The summed E-state index contributed by atoms with van der Waals surface area (Å²) in [5.74, 6) is 5.25. The van der Waals surface area contributed by atoms with Crippen molar-refractivity contribution >= 4 is 11.6 Å². The van der Waals surface area contributed by atoms with Crippen LogP contribution in [-0.4, -0.2) is 22.2 Å². The Hall–Kier alpha value is -2.34. The van der Waals surface area contributed by atoms with E-state index in [0.29, 0.717) is 18.7 Å². The number of aromatic nitrogens is 2. The van der Waals surface area contributed by atoms with Gasteiger partial charge in [-0.3, -0.25) is 15.3 Å². The van der Waals surface area contributed by atoms with Crippen molar-refractivity contribution in [1.82, 2.24) is 15.1 Å². The predicted molar refractivity (Wildman–Crippen MR) is 73.5 cm³/mol. The smallest absolute Gasteiger partial charge is 0.251 e. The van der Waals surface area contributed by atoms with Crippen molar-refractivity contribution < 1.29 is 4.79 Å². The monoisotopic (exact) mass is 259 g/mol. The lowest BCUT2D eigenvalue weighted by molar-refractivity contribution is 0.0952. The number of nitrogen functional groups attached to an aromatic ring is 1. The third-order valence-electron chi connectivity index (χ3n) is 2.83. The summed E-state index contributed by atoms with van der Waals surface area (Å²) in [6.07, 6.45) is 3.57. The summed E-state index contributed by atoms with van der Waals surface area (Å²) >= 11 is 0. The van der Waals surface area contributed by atoms with Crippen LogP contribution >= 0.6 is 0 Å². The van der Waals surface area contributed by atoms with Gasteiger partial charge in [-0.05, 0) is 36.8 Å². The number of aryl methyl sites for hydroxylation is 1. The summed E-state index contributed by atoms with van der Waals surface area (Å²) in [5, 5.41) is 6.92. The zero-order valence-corrected chi connectivity index (χ0v) is 10.8. The Morgan fingerprint density at radius 1 is 1.47 bits per heavy atom. The average Bonchev–Trinajstić information content (AvgIpc) is 2.91. The zero-order chi connectivity index (χ0) is 13.7. The van der Waals surface area contributed by atoms with E-state index < -0.39 is 0 Å². The fraction of sp³-hybridized carbons (Fsp3) is 0.231. The molecule has 1 amide bonds. The lowest BCUT2D eigenvalue weighted by Gasteiger charge is -2.08. The van der Waals surface area contributed by atoms with E-state index in [0.717, 1.165) is 11.3 Å². The second-order valence-corrected chi connectivity index (χ2v) is 4.20. The van der Waals surface area contributed by atoms with E-state index in [9.17, 15) is 4.79 Å². The Balaban J connectivity index is 1.91. The molecule has 0 fully saturated rings. The lowest BCUT2D eigenvalue weighted by Crippen LogP contribution is -2.27. The number of benzene rings is 1. The lowest BCUT2D eigenvalue weighted by atomic mass is 10.1. The van der Waals surface area contributed by atoms with Crippen molar-refractivity contribution in [3.05, 3.63) is 47.8 Å². The van der Waals surface area contributed by atoms with E-state index in [1.54, 1.807) is 29.1 Å². The number of amides is 1. The van der Waals surface area contributed by atoms with Gasteiger partial charge in [0.1, 0.15) is 0 Å². The Labute approximate surface area is 111 Å². The summed E-state index contributed by atoms with van der Waals surface area (Å²) in [6, 6.07) is 7.19. The summed E-state index contributed by atoms with van der Waals surface area (Å²) in [5.41, 5.74) is 4.95. The van der Waals surface area contributed by atoms with Gasteiger partial charge in [-0.1, -0.05) is 0 Å². The van der Waals surface area contributed by atoms with Gasteiger partial charge in [-0.25, -0.2) is 0 Å². The summed E-state index contributed by atoms with van der Waals surface area (Å²) in [7, 11) is 0. The van der Waals surface area contributed by atoms with Gasteiger partial charge < -0.3 is 10.7 Å². The number of nitrogens with zero attached hydrogens (tertiary/aromatic N) is 2. The minimum Gasteiger partial charge on any atom is -0.350 e. The molecule has 0 saturated heterocycles. The molecule has 0 bridgehead atoms. The number of nitrogens with two attached hydrogens (primary N) is 1. The average molecular weight is 259 g/mol. The number of carbonyl (C=O) groups is 1. The molecule has 1 aromatic carbocycles. The maximum Gasteiger partial charge on any atom is 0.251 e. The molecule has 0 aliphatic rings. The van der Waals surface area contributed by atoms with Crippen LogP contribution < -0.4 is 16.6 Å². The molecule has 0 aliphatic carbocycles. The van der Waals surface area contributed by atoms with Crippen molar-refractivity contribution in [1.29, 1.82) is 0 Å². The van der Waals surface area contributed by atoms with Crippen molar-refractivity contribution in [3.8, 4) is 0 Å². The molecule has 0 unspecified atom stereocenters. The Morgan fingerprint density at radius 3 is 2.95 bits per heavy atom. The highest BCUT2D eigenvalue weighted by Crippen LogP contribution is 2.14. The van der Waals surface area contributed by atoms with E-state index in [1.165, 1.54) is 0 Å². The number of hydrogen-bond acceptors (Lipinski definition) is 4. The van der Waals surface area contributed by atoms with Gasteiger partial charge in [0.05, 0.1) is 12.2 Å². The molecule has 0 aliphatic heterocycles. The van der Waals surface area contributed by atoms with Crippen LogP contribution in [0.2, 0.25) is 0 Å². The van der Waals surface area contributed by atoms with Crippen molar-refractivity contribution in [2.45, 2.75) is 13.5 Å². The summed E-state index contributed by atoms with van der Waals surface area (Å²) in [4.78, 5) is 11.9. The third kappa shape index (κ3) is 3.32. The largest absolute Gasteiger partial charge is 0.350 e. The standard InChI is InChI=1S/C13H17N5O/c1-10-9-11(3-4-12(10)17-14)13(19)15-6-8-18-7-2-5-16-18/h2-5,7,9,17H,6,8,14H2,1H3,(H,15,19). The van der Waals surface area contributed by atoms with Crippen LogP contribution in [0.25, 0.3) is 0 Å². The van der Waals surface area contributed by atoms with Crippen LogP contribution in [-0.2, 0) is 6.54 Å². The molecule has 0 spiro atoms. The second-order valence-electron chi connectivity index (χ2n) is 4.20. The van der Waals surface area contributed by atoms with E-state index in [4.69, 9.17) is 5.84 Å². The number of carbonyl (C=O) groups excluding carboxylic acids is 1. The Kier molecular flexibility index (Phi) is 4.15. The van der Waals surface area contributed by atoms with Crippen LogP contribution in [0.1, 0.15) is 15.9 Å². The minimum atomic E-state index is -0.0983. The number of hydrogen-bond donors (Lipinski definition) is 3. The maximum atomic E-state index is 11.9. The topological polar surface area (TPSA) is 85.0 Å². The van der Waals surface area contributed by atoms with Crippen molar-refractivity contribution in [2.75, 3.05) is 12.0 Å². The fourth-order valence-corrected chi connectivity index (χ4v) is 1.79. The molecule has 2 aromatic rings. The van der Waals surface area contributed by atoms with Crippen LogP contribution in [0.4, 0.5) is 5.69 Å². The highest BCUT2D eigenvalue weighted by Gasteiger charge is 2.06. The molecule has 6 heteroatoms. The first-order valence-electron chi connectivity index (χ1n) is 6.03. The van der Waals surface area contributed by atoms with E-state index in [-0.39, 0.29) is 5.91 Å². The Morgan fingerprint density at radius 2 is 2.32 bits per heavy atom. The molecule has 4 N–H and O–H groups in total. The van der Waals surface area contributed by atoms with E-state index in [1.807, 2.05) is 19.2 Å². The molecule has 0 atom stereocenters. The molecule has 6 nitrogen and oxygen atoms in total. The molecule has 2 rings (SSSR count). The van der Waals surface area contributed by atoms with E-state index in [2.05, 4.69) is 15.8 Å². The first-order valence-corrected chi connectivity index (χ1v) is 6.03. The third-order valence-corrected chi connectivity index (χ3v) is 2.83. The first kappa shape index (κ1) is 13.1. The molecule has 1 heterocycles. The van der Waals surface area contributed by atoms with E-state index >= 15 is 0 Å². The van der Waals surface area contributed by atoms with Gasteiger partial charge in [0, 0.05) is 24.5 Å². The molecule has 100 valence electrons. The molecular weight excluding hydrogens is 242 g/mol. The molecule has 0 radical (unpaired) electrons. The first-order chi connectivity index (χ1) is 9.20. The molecule has 1 aromatic heterocycles. The van der Waals surface area contributed by atoms with Gasteiger partial charge in [0.25, 0.3) is 5.91 Å². The SMILES string of the molecule is Cc1cc(C(=O)NCCn2cccn2)ccc1NN. The van der Waals surface area contributed by atoms with Crippen molar-refractivity contribution in [2.24, 2.45) is 5.84 Å². The predicted octanol–water partition coefficient (Wildman–Crippen LogP) is 0.907. The number of anilines is 1. The van der Waals surface area contributed by atoms with Crippen molar-refractivity contribution in [3.63, 3.8) is 0 Å². The highest BCUT2D eigenvalue weighted by molar-refractivity contribution is 5.94. The number of nitrogens with one attached hydrogen (secondary N) is 2. The fourth-order valence-electron chi connectivity index (χ4n) is 1.79.